The minimum absolute atomic E-state index is 0.219. The zero-order valence-corrected chi connectivity index (χ0v) is 12.8. The van der Waals surface area contributed by atoms with E-state index in [-0.39, 0.29) is 5.91 Å². The maximum Gasteiger partial charge on any atom is 0.219 e. The first kappa shape index (κ1) is 15.5. The second-order valence-corrected chi connectivity index (χ2v) is 6.94. The molecule has 0 aromatic rings. The largest absolute Gasteiger partial charge is 0.341 e. The number of rotatable bonds is 4. The molecule has 0 saturated carbocycles. The van der Waals surface area contributed by atoms with Crippen molar-refractivity contribution < 1.29 is 4.79 Å². The van der Waals surface area contributed by atoms with Gasteiger partial charge in [0.05, 0.1) is 0 Å². The maximum atomic E-state index is 11.6. The van der Waals surface area contributed by atoms with Crippen LogP contribution in [0.15, 0.2) is 0 Å². The smallest absolute Gasteiger partial charge is 0.219 e. The Hall–Kier alpha value is -0.570. The van der Waals surface area contributed by atoms with Crippen LogP contribution in [-0.2, 0) is 4.79 Å². The van der Waals surface area contributed by atoms with Gasteiger partial charge in [-0.15, -0.1) is 0 Å². The summed E-state index contributed by atoms with van der Waals surface area (Å²) in [4.78, 5) is 13.6. The Morgan fingerprint density at radius 1 is 1.33 bits per heavy atom. The molecule has 2 atom stereocenters. The van der Waals surface area contributed by atoms with E-state index in [0.717, 1.165) is 26.1 Å². The van der Waals surface area contributed by atoms with Gasteiger partial charge in [0.1, 0.15) is 0 Å². The standard InChI is InChI=1S/C15H30N2O/c1-6-7-16-14-8-13(9-15(3,4)5)10-17(11-14)12(2)18/h13-14,16H,6-11H2,1-5H3. The molecule has 3 nitrogen and oxygen atoms in total. The fraction of sp³-hybridized carbons (Fsp3) is 0.933. The molecule has 0 radical (unpaired) electrons. The first-order chi connectivity index (χ1) is 8.31. The molecule has 1 rings (SSSR count). The number of likely N-dealkylation sites (tertiary alicyclic amines) is 1. The molecule has 0 aromatic carbocycles. The summed E-state index contributed by atoms with van der Waals surface area (Å²) in [5.41, 5.74) is 0.347. The Kier molecular flexibility index (Phi) is 5.64. The van der Waals surface area contributed by atoms with Crippen LogP contribution in [0.25, 0.3) is 0 Å². The lowest BCUT2D eigenvalue weighted by atomic mass is 9.80. The van der Waals surface area contributed by atoms with Crippen molar-refractivity contribution in [2.75, 3.05) is 19.6 Å². The fourth-order valence-corrected chi connectivity index (χ4v) is 2.97. The van der Waals surface area contributed by atoms with Crippen molar-refractivity contribution in [1.82, 2.24) is 10.2 Å². The molecule has 0 aliphatic carbocycles. The van der Waals surface area contributed by atoms with Crippen LogP contribution >= 0.6 is 0 Å². The Morgan fingerprint density at radius 3 is 2.50 bits per heavy atom. The number of hydrogen-bond acceptors (Lipinski definition) is 2. The number of carbonyl (C=O) groups excluding carboxylic acids is 1. The highest BCUT2D eigenvalue weighted by Gasteiger charge is 2.30. The first-order valence-electron chi connectivity index (χ1n) is 7.30. The van der Waals surface area contributed by atoms with E-state index in [0.29, 0.717) is 17.4 Å². The lowest BCUT2D eigenvalue weighted by Gasteiger charge is -2.40. The Balaban J connectivity index is 2.59. The van der Waals surface area contributed by atoms with Crippen LogP contribution in [0.4, 0.5) is 0 Å². The molecule has 0 spiro atoms. The zero-order chi connectivity index (χ0) is 13.8. The van der Waals surface area contributed by atoms with E-state index in [2.05, 4.69) is 33.0 Å². The van der Waals surface area contributed by atoms with Crippen molar-refractivity contribution >= 4 is 5.91 Å². The van der Waals surface area contributed by atoms with E-state index in [9.17, 15) is 4.79 Å². The van der Waals surface area contributed by atoms with Crippen molar-refractivity contribution in [2.45, 2.75) is 59.9 Å². The van der Waals surface area contributed by atoms with Crippen LogP contribution < -0.4 is 5.32 Å². The van der Waals surface area contributed by atoms with Gasteiger partial charge in [0, 0.05) is 26.1 Å². The van der Waals surface area contributed by atoms with E-state index in [1.54, 1.807) is 6.92 Å². The van der Waals surface area contributed by atoms with Crippen LogP contribution in [0.5, 0.6) is 0 Å². The molecule has 2 unspecified atom stereocenters. The van der Waals surface area contributed by atoms with E-state index >= 15 is 0 Å². The zero-order valence-electron chi connectivity index (χ0n) is 12.8. The van der Waals surface area contributed by atoms with Crippen LogP contribution in [-0.4, -0.2) is 36.5 Å². The van der Waals surface area contributed by atoms with Gasteiger partial charge in [-0.05, 0) is 37.1 Å². The molecular formula is C15H30N2O. The number of hydrogen-bond donors (Lipinski definition) is 1. The molecule has 3 heteroatoms. The van der Waals surface area contributed by atoms with Gasteiger partial charge in [-0.3, -0.25) is 4.79 Å². The van der Waals surface area contributed by atoms with Gasteiger partial charge in [0.2, 0.25) is 5.91 Å². The highest BCUT2D eigenvalue weighted by Crippen LogP contribution is 2.30. The summed E-state index contributed by atoms with van der Waals surface area (Å²) in [7, 11) is 0. The molecular weight excluding hydrogens is 224 g/mol. The molecule has 1 aliphatic rings. The number of nitrogens with one attached hydrogen (secondary N) is 1. The average molecular weight is 254 g/mol. The van der Waals surface area contributed by atoms with Crippen LogP contribution in [0.2, 0.25) is 0 Å². The number of amides is 1. The lowest BCUT2D eigenvalue weighted by molar-refractivity contribution is -0.131. The fourth-order valence-electron chi connectivity index (χ4n) is 2.97. The maximum absolute atomic E-state index is 11.6. The van der Waals surface area contributed by atoms with Crippen molar-refractivity contribution in [1.29, 1.82) is 0 Å². The lowest BCUT2D eigenvalue weighted by Crippen LogP contribution is -2.51. The van der Waals surface area contributed by atoms with Gasteiger partial charge < -0.3 is 10.2 Å². The SMILES string of the molecule is CCCNC1CC(CC(C)(C)C)CN(C(C)=O)C1. The third kappa shape index (κ3) is 5.38. The second kappa shape index (κ2) is 6.55. The van der Waals surface area contributed by atoms with Gasteiger partial charge in [0.15, 0.2) is 0 Å². The minimum Gasteiger partial charge on any atom is -0.341 e. The molecule has 0 aromatic heterocycles. The predicted octanol–water partition coefficient (Wildman–Crippen LogP) is 2.66. The topological polar surface area (TPSA) is 32.3 Å². The number of piperidine rings is 1. The third-order valence-corrected chi connectivity index (χ3v) is 3.57. The molecule has 1 N–H and O–H groups in total. The summed E-state index contributed by atoms with van der Waals surface area (Å²) in [6.07, 6.45) is 3.56. The molecule has 1 heterocycles. The quantitative estimate of drug-likeness (QED) is 0.836. The first-order valence-corrected chi connectivity index (χ1v) is 7.30. The number of nitrogens with zero attached hydrogens (tertiary/aromatic N) is 1. The summed E-state index contributed by atoms with van der Waals surface area (Å²) >= 11 is 0. The molecule has 1 fully saturated rings. The normalized spacial score (nSPS) is 25.3. The molecule has 1 amide bonds. The van der Waals surface area contributed by atoms with E-state index in [1.807, 2.05) is 4.90 Å². The predicted molar refractivity (Wildman–Crippen MR) is 76.5 cm³/mol. The van der Waals surface area contributed by atoms with E-state index in [4.69, 9.17) is 0 Å². The monoisotopic (exact) mass is 254 g/mol. The van der Waals surface area contributed by atoms with Crippen molar-refractivity contribution in [3.05, 3.63) is 0 Å². The Bertz CT molecular complexity index is 270. The summed E-state index contributed by atoms with van der Waals surface area (Å²) in [5, 5.41) is 3.58. The summed E-state index contributed by atoms with van der Waals surface area (Å²) in [6.45, 7) is 13.6. The van der Waals surface area contributed by atoms with Gasteiger partial charge in [-0.2, -0.15) is 0 Å². The summed E-state index contributed by atoms with van der Waals surface area (Å²) in [5.74, 6) is 0.855. The molecule has 1 saturated heterocycles. The van der Waals surface area contributed by atoms with Gasteiger partial charge in [0.25, 0.3) is 0 Å². The van der Waals surface area contributed by atoms with Crippen molar-refractivity contribution in [3.8, 4) is 0 Å². The van der Waals surface area contributed by atoms with Crippen molar-refractivity contribution in [2.24, 2.45) is 11.3 Å². The molecule has 1 aliphatic heterocycles. The van der Waals surface area contributed by atoms with Crippen molar-refractivity contribution in [3.63, 3.8) is 0 Å². The van der Waals surface area contributed by atoms with Gasteiger partial charge in [-0.1, -0.05) is 27.7 Å². The number of carbonyl (C=O) groups is 1. The van der Waals surface area contributed by atoms with E-state index in [1.165, 1.54) is 12.8 Å². The molecule has 106 valence electrons. The molecule has 18 heavy (non-hydrogen) atoms. The summed E-state index contributed by atoms with van der Waals surface area (Å²) in [6, 6.07) is 0.481. The molecule has 0 bridgehead atoms. The summed E-state index contributed by atoms with van der Waals surface area (Å²) < 4.78 is 0. The average Bonchev–Trinajstić information content (AvgIpc) is 2.23. The van der Waals surface area contributed by atoms with Crippen LogP contribution in [0.1, 0.15) is 53.9 Å². The minimum atomic E-state index is 0.219. The van der Waals surface area contributed by atoms with Crippen LogP contribution in [0.3, 0.4) is 0 Å². The van der Waals surface area contributed by atoms with Gasteiger partial charge in [-0.25, -0.2) is 0 Å². The van der Waals surface area contributed by atoms with E-state index < -0.39 is 0 Å². The van der Waals surface area contributed by atoms with Crippen LogP contribution in [0, 0.1) is 11.3 Å². The Morgan fingerprint density at radius 2 is 2.00 bits per heavy atom. The second-order valence-electron chi connectivity index (χ2n) is 6.94. The Labute approximate surface area is 112 Å². The van der Waals surface area contributed by atoms with Gasteiger partial charge >= 0.3 is 0 Å². The highest BCUT2D eigenvalue weighted by molar-refractivity contribution is 5.73. The highest BCUT2D eigenvalue weighted by atomic mass is 16.2. The third-order valence-electron chi connectivity index (χ3n) is 3.57.